The summed E-state index contributed by atoms with van der Waals surface area (Å²) in [5.41, 5.74) is 1.81. The zero-order valence-electron chi connectivity index (χ0n) is 15.5. The zero-order chi connectivity index (χ0) is 19.8. The maximum Gasteiger partial charge on any atom is 0.337 e. The maximum atomic E-state index is 12.2. The van der Waals surface area contributed by atoms with E-state index < -0.39 is 5.97 Å². The van der Waals surface area contributed by atoms with Crippen molar-refractivity contribution in [1.82, 2.24) is 5.32 Å². The Morgan fingerprint density at radius 1 is 0.963 bits per heavy atom. The van der Waals surface area contributed by atoms with Crippen molar-refractivity contribution >= 4 is 23.5 Å². The van der Waals surface area contributed by atoms with Gasteiger partial charge in [-0.1, -0.05) is 12.1 Å². The van der Waals surface area contributed by atoms with Gasteiger partial charge in [0.15, 0.2) is 0 Å². The molecule has 0 aliphatic carbocycles. The summed E-state index contributed by atoms with van der Waals surface area (Å²) in [6, 6.07) is 13.6. The van der Waals surface area contributed by atoms with E-state index in [2.05, 4.69) is 10.1 Å². The van der Waals surface area contributed by atoms with Crippen molar-refractivity contribution in [2.45, 2.75) is 13.5 Å². The predicted octanol–water partition coefficient (Wildman–Crippen LogP) is 2.15. The number of hydrogen-bond donors (Lipinski definition) is 1. The predicted molar refractivity (Wildman–Crippen MR) is 101 cm³/mol. The van der Waals surface area contributed by atoms with Crippen molar-refractivity contribution in [3.8, 4) is 5.75 Å². The van der Waals surface area contributed by atoms with E-state index in [4.69, 9.17) is 4.74 Å². The fraction of sp³-hybridized carbons (Fsp3) is 0.250. The summed E-state index contributed by atoms with van der Waals surface area (Å²) in [5, 5.41) is 2.78. The van der Waals surface area contributed by atoms with Crippen LogP contribution in [0.25, 0.3) is 0 Å². The molecule has 7 heteroatoms. The molecule has 142 valence electrons. The standard InChI is InChI=1S/C20H22N2O5/c1-14(23)22(17-8-6-16(7-9-17)20(25)27-3)13-19(24)21-12-15-4-10-18(26-2)11-5-15/h4-11H,12-13H2,1-3H3,(H,21,24). The summed E-state index contributed by atoms with van der Waals surface area (Å²) >= 11 is 0. The van der Waals surface area contributed by atoms with Gasteiger partial charge in [0.2, 0.25) is 11.8 Å². The number of carbonyl (C=O) groups is 3. The van der Waals surface area contributed by atoms with E-state index in [1.807, 2.05) is 24.3 Å². The van der Waals surface area contributed by atoms with Gasteiger partial charge in [0.25, 0.3) is 0 Å². The number of carbonyl (C=O) groups excluding carboxylic acids is 3. The molecular weight excluding hydrogens is 348 g/mol. The number of nitrogens with one attached hydrogen (secondary N) is 1. The molecule has 0 saturated carbocycles. The van der Waals surface area contributed by atoms with E-state index in [-0.39, 0.29) is 18.4 Å². The van der Waals surface area contributed by atoms with E-state index in [1.54, 1.807) is 31.4 Å². The highest BCUT2D eigenvalue weighted by Crippen LogP contribution is 2.16. The van der Waals surface area contributed by atoms with Gasteiger partial charge >= 0.3 is 5.97 Å². The van der Waals surface area contributed by atoms with Crippen molar-refractivity contribution in [2.24, 2.45) is 0 Å². The topological polar surface area (TPSA) is 84.9 Å². The largest absolute Gasteiger partial charge is 0.497 e. The Bertz CT molecular complexity index is 800. The SMILES string of the molecule is COC(=O)c1ccc(N(CC(=O)NCc2ccc(OC)cc2)C(C)=O)cc1. The lowest BCUT2D eigenvalue weighted by molar-refractivity contribution is -0.123. The molecule has 0 unspecified atom stereocenters. The molecule has 0 aromatic heterocycles. The van der Waals surface area contributed by atoms with Gasteiger partial charge in [-0.3, -0.25) is 9.59 Å². The van der Waals surface area contributed by atoms with E-state index in [0.29, 0.717) is 17.8 Å². The molecule has 2 amide bonds. The summed E-state index contributed by atoms with van der Waals surface area (Å²) in [6.45, 7) is 1.60. The number of hydrogen-bond acceptors (Lipinski definition) is 5. The second-order valence-electron chi connectivity index (χ2n) is 5.77. The summed E-state index contributed by atoms with van der Waals surface area (Å²) in [6.07, 6.45) is 0. The number of nitrogens with zero attached hydrogens (tertiary/aromatic N) is 1. The summed E-state index contributed by atoms with van der Waals surface area (Å²) in [7, 11) is 2.89. The summed E-state index contributed by atoms with van der Waals surface area (Å²) in [4.78, 5) is 37.0. The molecular formula is C20H22N2O5. The first-order valence-electron chi connectivity index (χ1n) is 8.30. The molecule has 0 saturated heterocycles. The Balaban J connectivity index is 1.99. The Labute approximate surface area is 157 Å². The van der Waals surface area contributed by atoms with Crippen LogP contribution in [0.1, 0.15) is 22.8 Å². The fourth-order valence-corrected chi connectivity index (χ4v) is 2.42. The van der Waals surface area contributed by atoms with Crippen LogP contribution in [0.2, 0.25) is 0 Å². The Morgan fingerprint density at radius 2 is 1.59 bits per heavy atom. The van der Waals surface area contributed by atoms with Gasteiger partial charge in [0.1, 0.15) is 12.3 Å². The first-order chi connectivity index (χ1) is 12.9. The van der Waals surface area contributed by atoms with Crippen LogP contribution >= 0.6 is 0 Å². The van der Waals surface area contributed by atoms with Crippen LogP contribution in [0.5, 0.6) is 5.75 Å². The average molecular weight is 370 g/mol. The van der Waals surface area contributed by atoms with E-state index in [1.165, 1.54) is 18.9 Å². The van der Waals surface area contributed by atoms with Gasteiger partial charge in [-0.2, -0.15) is 0 Å². The normalized spacial score (nSPS) is 10.0. The molecule has 7 nitrogen and oxygen atoms in total. The van der Waals surface area contributed by atoms with Gasteiger partial charge in [-0.05, 0) is 42.0 Å². The van der Waals surface area contributed by atoms with Crippen molar-refractivity contribution in [1.29, 1.82) is 0 Å². The minimum atomic E-state index is -0.465. The van der Waals surface area contributed by atoms with Crippen LogP contribution in [0.4, 0.5) is 5.69 Å². The molecule has 0 fully saturated rings. The molecule has 0 bridgehead atoms. The monoisotopic (exact) mass is 370 g/mol. The van der Waals surface area contributed by atoms with Crippen LogP contribution in [0, 0.1) is 0 Å². The Hall–Kier alpha value is -3.35. The maximum absolute atomic E-state index is 12.2. The molecule has 0 radical (unpaired) electrons. The van der Waals surface area contributed by atoms with Gasteiger partial charge in [0.05, 0.1) is 19.8 Å². The van der Waals surface area contributed by atoms with E-state index in [9.17, 15) is 14.4 Å². The number of benzene rings is 2. The second-order valence-corrected chi connectivity index (χ2v) is 5.77. The molecule has 2 aromatic rings. The van der Waals surface area contributed by atoms with Crippen LogP contribution < -0.4 is 15.0 Å². The lowest BCUT2D eigenvalue weighted by Gasteiger charge is -2.21. The van der Waals surface area contributed by atoms with E-state index in [0.717, 1.165) is 11.3 Å². The third-order valence-electron chi connectivity index (χ3n) is 3.93. The molecule has 2 rings (SSSR count). The second kappa shape index (κ2) is 9.38. The zero-order valence-corrected chi connectivity index (χ0v) is 15.5. The third-order valence-corrected chi connectivity index (χ3v) is 3.93. The van der Waals surface area contributed by atoms with Crippen LogP contribution in [0.15, 0.2) is 48.5 Å². The number of rotatable bonds is 7. The summed E-state index contributed by atoms with van der Waals surface area (Å²) < 4.78 is 9.74. The van der Waals surface area contributed by atoms with Gasteiger partial charge in [0, 0.05) is 19.2 Å². The van der Waals surface area contributed by atoms with Crippen LogP contribution in [0.3, 0.4) is 0 Å². The highest BCUT2D eigenvalue weighted by atomic mass is 16.5. The molecule has 2 aromatic carbocycles. The molecule has 27 heavy (non-hydrogen) atoms. The number of ether oxygens (including phenoxy) is 2. The van der Waals surface area contributed by atoms with E-state index >= 15 is 0 Å². The van der Waals surface area contributed by atoms with Gasteiger partial charge in [-0.25, -0.2) is 4.79 Å². The summed E-state index contributed by atoms with van der Waals surface area (Å²) in [5.74, 6) is -0.296. The molecule has 0 aliphatic rings. The van der Waals surface area contributed by atoms with Crippen LogP contribution in [-0.2, 0) is 20.9 Å². The van der Waals surface area contributed by atoms with Gasteiger partial charge in [-0.15, -0.1) is 0 Å². The Morgan fingerprint density at radius 3 is 2.11 bits per heavy atom. The first-order valence-corrected chi connectivity index (χ1v) is 8.30. The molecule has 1 N–H and O–H groups in total. The molecule has 0 spiro atoms. The van der Waals surface area contributed by atoms with Crippen molar-refractivity contribution in [3.63, 3.8) is 0 Å². The lowest BCUT2D eigenvalue weighted by atomic mass is 10.2. The average Bonchev–Trinajstić information content (AvgIpc) is 2.70. The lowest BCUT2D eigenvalue weighted by Crippen LogP contribution is -2.39. The highest BCUT2D eigenvalue weighted by molar-refractivity contribution is 5.98. The van der Waals surface area contributed by atoms with Crippen molar-refractivity contribution in [3.05, 3.63) is 59.7 Å². The third kappa shape index (κ3) is 5.57. The van der Waals surface area contributed by atoms with Crippen molar-refractivity contribution < 1.29 is 23.9 Å². The minimum absolute atomic E-state index is 0.122. The highest BCUT2D eigenvalue weighted by Gasteiger charge is 2.16. The number of anilines is 1. The Kier molecular flexibility index (Phi) is 6.93. The fourth-order valence-electron chi connectivity index (χ4n) is 2.42. The minimum Gasteiger partial charge on any atom is -0.497 e. The molecule has 0 heterocycles. The van der Waals surface area contributed by atoms with Gasteiger partial charge < -0.3 is 19.7 Å². The first kappa shape index (κ1) is 20.0. The number of amides is 2. The quantitative estimate of drug-likeness (QED) is 0.755. The number of esters is 1. The number of methoxy groups -OCH3 is 2. The smallest absolute Gasteiger partial charge is 0.337 e. The van der Waals surface area contributed by atoms with Crippen molar-refractivity contribution in [2.75, 3.05) is 25.7 Å². The van der Waals surface area contributed by atoms with Crippen LogP contribution in [-0.4, -0.2) is 38.5 Å². The molecule has 0 atom stereocenters. The molecule has 0 aliphatic heterocycles.